The molecule has 0 radical (unpaired) electrons. The van der Waals surface area contributed by atoms with Gasteiger partial charge < -0.3 is 20.5 Å². The van der Waals surface area contributed by atoms with E-state index in [0.29, 0.717) is 23.1 Å². The number of amides is 1. The Morgan fingerprint density at radius 2 is 1.78 bits per heavy atom. The average molecular weight is 524 g/mol. The van der Waals surface area contributed by atoms with E-state index in [0.717, 1.165) is 35.2 Å². The Kier molecular flexibility index (Phi) is 9.66. The summed E-state index contributed by atoms with van der Waals surface area (Å²) >= 11 is 6.41. The molecular weight excluding hydrogens is 490 g/mol. The first-order valence-corrected chi connectivity index (χ1v) is 12.8. The van der Waals surface area contributed by atoms with Gasteiger partial charge in [-0.05, 0) is 75.2 Å². The molecule has 3 aromatic rings. The number of benzene rings is 2. The number of pyridine rings is 1. The van der Waals surface area contributed by atoms with Gasteiger partial charge >= 0.3 is 5.97 Å². The summed E-state index contributed by atoms with van der Waals surface area (Å²) in [5.41, 5.74) is 2.96. The van der Waals surface area contributed by atoms with Gasteiger partial charge in [-0.2, -0.15) is 0 Å². The highest BCUT2D eigenvalue weighted by Gasteiger charge is 2.37. The van der Waals surface area contributed by atoms with Gasteiger partial charge in [0.2, 0.25) is 0 Å². The van der Waals surface area contributed by atoms with Crippen LogP contribution in [-0.4, -0.2) is 47.7 Å². The second-order valence-corrected chi connectivity index (χ2v) is 9.31. The number of ether oxygens (including phenoxy) is 1. The van der Waals surface area contributed by atoms with Gasteiger partial charge in [-0.3, -0.25) is 4.79 Å². The molecule has 0 saturated carbocycles. The Morgan fingerprint density at radius 1 is 1.05 bits per heavy atom. The van der Waals surface area contributed by atoms with E-state index in [2.05, 4.69) is 10.6 Å². The van der Waals surface area contributed by atoms with Crippen molar-refractivity contribution in [2.75, 3.05) is 20.2 Å². The molecule has 1 amide bonds. The van der Waals surface area contributed by atoms with Gasteiger partial charge in [0.05, 0.1) is 17.3 Å². The third-order valence-electron chi connectivity index (χ3n) is 6.57. The lowest BCUT2D eigenvalue weighted by Gasteiger charge is -2.28. The van der Waals surface area contributed by atoms with Crippen LogP contribution in [0.3, 0.4) is 0 Å². The van der Waals surface area contributed by atoms with Crippen molar-refractivity contribution in [3.8, 4) is 28.1 Å². The van der Waals surface area contributed by atoms with Crippen LogP contribution >= 0.6 is 11.6 Å². The Bertz CT molecular complexity index is 1260. The Balaban J connectivity index is 2.09. The fraction of sp³-hybridized carbons (Fsp3) is 0.345. The molecule has 1 heterocycles. The Morgan fingerprint density at radius 3 is 2.43 bits per heavy atom. The third kappa shape index (κ3) is 6.48. The number of carboxylic acid groups (broad SMARTS) is 1. The number of carbonyl (C=O) groups excluding carboxylic acids is 1. The van der Waals surface area contributed by atoms with Crippen LogP contribution in [0.1, 0.15) is 49.2 Å². The predicted octanol–water partition coefficient (Wildman–Crippen LogP) is 5.74. The fourth-order valence-corrected chi connectivity index (χ4v) is 4.33. The van der Waals surface area contributed by atoms with E-state index < -0.39 is 17.4 Å². The van der Waals surface area contributed by atoms with Crippen molar-refractivity contribution in [3.63, 3.8) is 0 Å². The Hall–Kier alpha value is -3.42. The van der Waals surface area contributed by atoms with Crippen molar-refractivity contribution in [1.29, 1.82) is 0 Å². The first-order chi connectivity index (χ1) is 17.8. The monoisotopic (exact) mass is 523 g/mol. The van der Waals surface area contributed by atoms with E-state index in [1.54, 1.807) is 26.0 Å². The van der Waals surface area contributed by atoms with Gasteiger partial charge in [-0.15, -0.1) is 0 Å². The van der Waals surface area contributed by atoms with Crippen LogP contribution in [0.2, 0.25) is 5.02 Å². The van der Waals surface area contributed by atoms with Gasteiger partial charge in [0.1, 0.15) is 17.0 Å². The van der Waals surface area contributed by atoms with Crippen molar-refractivity contribution < 1.29 is 19.4 Å². The van der Waals surface area contributed by atoms with Crippen LogP contribution in [0.15, 0.2) is 54.6 Å². The molecule has 0 spiro atoms. The standard InChI is InChI=1S/C29H34ClN3O4/c1-5-29(6-2,28(35)36)33-27(34)24-15-13-22(21-11-8-7-10-19(21)3)26(32-24)20-12-14-23(30)25(18-20)37-17-9-16-31-4/h7-8,10-15,18,31H,5-6,9,16-17H2,1-4H3,(H,33,34)(H,35,36). The molecule has 0 aliphatic heterocycles. The van der Waals surface area contributed by atoms with Crippen LogP contribution in [0.5, 0.6) is 5.75 Å². The largest absolute Gasteiger partial charge is 0.492 e. The molecule has 0 fully saturated rings. The molecule has 0 aliphatic rings. The molecule has 0 bridgehead atoms. The maximum absolute atomic E-state index is 13.2. The number of carboxylic acids is 1. The maximum Gasteiger partial charge on any atom is 0.329 e. The number of hydrogen-bond donors (Lipinski definition) is 3. The van der Waals surface area contributed by atoms with Gasteiger partial charge in [0.25, 0.3) is 5.91 Å². The summed E-state index contributed by atoms with van der Waals surface area (Å²) in [6.07, 6.45) is 1.33. The molecular formula is C29H34ClN3O4. The topological polar surface area (TPSA) is 101 Å². The van der Waals surface area contributed by atoms with Gasteiger partial charge in [-0.1, -0.05) is 55.8 Å². The van der Waals surface area contributed by atoms with Gasteiger partial charge in [-0.25, -0.2) is 9.78 Å². The second-order valence-electron chi connectivity index (χ2n) is 8.91. The summed E-state index contributed by atoms with van der Waals surface area (Å²) in [5.74, 6) is -1.08. The SMILES string of the molecule is CCC(CC)(NC(=O)c1ccc(-c2ccccc2C)c(-c2ccc(Cl)c(OCCCNC)c2)n1)C(=O)O. The summed E-state index contributed by atoms with van der Waals surface area (Å²) in [7, 11) is 1.89. The second kappa shape index (κ2) is 12.7. The van der Waals surface area contributed by atoms with Crippen LogP contribution in [0.25, 0.3) is 22.4 Å². The lowest BCUT2D eigenvalue weighted by atomic mass is 9.92. The van der Waals surface area contributed by atoms with E-state index in [9.17, 15) is 14.7 Å². The quantitative estimate of drug-likeness (QED) is 0.262. The van der Waals surface area contributed by atoms with Crippen LogP contribution in [-0.2, 0) is 4.79 Å². The highest BCUT2D eigenvalue weighted by molar-refractivity contribution is 6.32. The number of hydrogen-bond acceptors (Lipinski definition) is 5. The molecule has 3 N–H and O–H groups in total. The molecule has 196 valence electrons. The first-order valence-electron chi connectivity index (χ1n) is 12.5. The number of nitrogens with one attached hydrogen (secondary N) is 2. The zero-order chi connectivity index (χ0) is 27.0. The summed E-state index contributed by atoms with van der Waals surface area (Å²) in [4.78, 5) is 29.9. The van der Waals surface area contributed by atoms with Crippen molar-refractivity contribution in [1.82, 2.24) is 15.6 Å². The van der Waals surface area contributed by atoms with E-state index in [1.165, 1.54) is 0 Å². The fourth-order valence-electron chi connectivity index (χ4n) is 4.15. The number of aromatic nitrogens is 1. The van der Waals surface area contributed by atoms with E-state index in [4.69, 9.17) is 21.3 Å². The minimum Gasteiger partial charge on any atom is -0.492 e. The van der Waals surface area contributed by atoms with E-state index in [1.807, 2.05) is 56.4 Å². The number of rotatable bonds is 12. The van der Waals surface area contributed by atoms with Gasteiger partial charge in [0, 0.05) is 11.1 Å². The average Bonchev–Trinajstić information content (AvgIpc) is 2.90. The van der Waals surface area contributed by atoms with Crippen molar-refractivity contribution in [3.05, 3.63) is 70.9 Å². The summed E-state index contributed by atoms with van der Waals surface area (Å²) in [6, 6.07) is 16.8. The maximum atomic E-state index is 13.2. The molecule has 0 saturated heterocycles. The summed E-state index contributed by atoms with van der Waals surface area (Å²) in [6.45, 7) is 6.81. The number of nitrogens with zero attached hydrogens (tertiary/aromatic N) is 1. The lowest BCUT2D eigenvalue weighted by molar-refractivity contribution is -0.144. The molecule has 0 unspecified atom stereocenters. The number of aliphatic carboxylic acids is 1. The summed E-state index contributed by atoms with van der Waals surface area (Å²) in [5, 5.41) is 16.0. The van der Waals surface area contributed by atoms with Crippen molar-refractivity contribution in [2.45, 2.75) is 45.6 Å². The molecule has 8 heteroatoms. The number of halogens is 1. The van der Waals surface area contributed by atoms with Crippen molar-refractivity contribution in [2.24, 2.45) is 0 Å². The lowest BCUT2D eigenvalue weighted by Crippen LogP contribution is -2.53. The van der Waals surface area contributed by atoms with Crippen LogP contribution < -0.4 is 15.4 Å². The first kappa shape index (κ1) is 28.2. The molecule has 1 aromatic heterocycles. The number of carbonyl (C=O) groups is 2. The molecule has 3 rings (SSSR count). The molecule has 0 aliphatic carbocycles. The zero-order valence-electron chi connectivity index (χ0n) is 21.7. The third-order valence-corrected chi connectivity index (χ3v) is 6.88. The number of aryl methyl sites for hydroxylation is 1. The van der Waals surface area contributed by atoms with E-state index >= 15 is 0 Å². The highest BCUT2D eigenvalue weighted by Crippen LogP contribution is 2.36. The minimum atomic E-state index is -1.36. The van der Waals surface area contributed by atoms with Crippen LogP contribution in [0.4, 0.5) is 0 Å². The zero-order valence-corrected chi connectivity index (χ0v) is 22.5. The van der Waals surface area contributed by atoms with Gasteiger partial charge in [0.15, 0.2) is 0 Å². The molecule has 2 aromatic carbocycles. The summed E-state index contributed by atoms with van der Waals surface area (Å²) < 4.78 is 5.93. The molecule has 37 heavy (non-hydrogen) atoms. The normalized spacial score (nSPS) is 11.3. The Labute approximate surface area is 223 Å². The smallest absolute Gasteiger partial charge is 0.329 e. The molecule has 7 nitrogen and oxygen atoms in total. The van der Waals surface area contributed by atoms with Crippen molar-refractivity contribution >= 4 is 23.5 Å². The van der Waals surface area contributed by atoms with Crippen LogP contribution in [0, 0.1) is 6.92 Å². The predicted molar refractivity (Wildman–Crippen MR) is 147 cm³/mol. The highest BCUT2D eigenvalue weighted by atomic mass is 35.5. The van der Waals surface area contributed by atoms with E-state index in [-0.39, 0.29) is 18.5 Å². The minimum absolute atomic E-state index is 0.131. The molecule has 0 atom stereocenters.